The van der Waals surface area contributed by atoms with Crippen LogP contribution in [0.3, 0.4) is 0 Å². The molecule has 3 heterocycles. The third-order valence-corrected chi connectivity index (χ3v) is 6.57. The number of benzene rings is 2. The van der Waals surface area contributed by atoms with Crippen LogP contribution in [0.2, 0.25) is 0 Å². The average molecular weight is 431 g/mol. The van der Waals surface area contributed by atoms with Crippen LogP contribution in [-0.2, 0) is 6.42 Å². The number of aliphatic hydroxyl groups excluding tert-OH is 1. The molecule has 32 heavy (non-hydrogen) atoms. The summed E-state index contributed by atoms with van der Waals surface area (Å²) < 4.78 is 1.93. The lowest BCUT2D eigenvalue weighted by Gasteiger charge is -2.20. The average Bonchev–Trinajstić information content (AvgIpc) is 3.60. The molecule has 1 saturated heterocycles. The van der Waals surface area contributed by atoms with Crippen molar-refractivity contribution in [1.29, 1.82) is 0 Å². The molecule has 0 radical (unpaired) electrons. The van der Waals surface area contributed by atoms with Gasteiger partial charge in [0.2, 0.25) is 0 Å². The number of likely N-dealkylation sites (tertiary alicyclic amines) is 1. The minimum absolute atomic E-state index is 0.0105. The van der Waals surface area contributed by atoms with Crippen molar-refractivity contribution in [3.63, 3.8) is 0 Å². The molecule has 1 aliphatic heterocycles. The summed E-state index contributed by atoms with van der Waals surface area (Å²) in [5.41, 5.74) is 4.74. The molecule has 5 rings (SSSR count). The minimum Gasteiger partial charge on any atom is -0.394 e. The van der Waals surface area contributed by atoms with Crippen LogP contribution in [-0.4, -0.2) is 62.5 Å². The Morgan fingerprint density at radius 2 is 1.97 bits per heavy atom. The summed E-state index contributed by atoms with van der Waals surface area (Å²) >= 11 is 0. The number of rotatable bonds is 9. The van der Waals surface area contributed by atoms with E-state index in [4.69, 9.17) is 0 Å². The van der Waals surface area contributed by atoms with E-state index >= 15 is 0 Å². The lowest BCUT2D eigenvalue weighted by atomic mass is 10.1. The Morgan fingerprint density at radius 3 is 2.78 bits per heavy atom. The Bertz CT molecular complexity index is 1120. The van der Waals surface area contributed by atoms with Gasteiger partial charge in [0.05, 0.1) is 12.6 Å². The number of hydrogen-bond acceptors (Lipinski definition) is 5. The maximum Gasteiger partial charge on any atom is 0.123 e. The van der Waals surface area contributed by atoms with Gasteiger partial charge in [0.15, 0.2) is 0 Å². The van der Waals surface area contributed by atoms with E-state index < -0.39 is 0 Å². The monoisotopic (exact) mass is 430 g/mol. The fraction of sp³-hybridized carbons (Fsp3) is 0.360. The van der Waals surface area contributed by atoms with Gasteiger partial charge < -0.3 is 20.3 Å². The molecule has 0 saturated carbocycles. The Balaban J connectivity index is 1.15. The van der Waals surface area contributed by atoms with E-state index in [1.165, 1.54) is 17.4 Å². The maximum absolute atomic E-state index is 9.78. The Morgan fingerprint density at radius 1 is 1.12 bits per heavy atom. The van der Waals surface area contributed by atoms with E-state index in [0.717, 1.165) is 49.4 Å². The van der Waals surface area contributed by atoms with E-state index in [2.05, 4.69) is 61.9 Å². The quantitative estimate of drug-likeness (QED) is 0.380. The molecule has 1 fully saturated rings. The van der Waals surface area contributed by atoms with E-state index in [1.807, 2.05) is 22.8 Å². The molecule has 0 spiro atoms. The van der Waals surface area contributed by atoms with Crippen molar-refractivity contribution in [2.45, 2.75) is 18.9 Å². The number of aliphatic hydroxyl groups is 1. The van der Waals surface area contributed by atoms with Crippen molar-refractivity contribution in [2.24, 2.45) is 5.92 Å². The van der Waals surface area contributed by atoms with Crippen molar-refractivity contribution in [2.75, 3.05) is 32.8 Å². The van der Waals surface area contributed by atoms with Gasteiger partial charge in [-0.2, -0.15) is 0 Å². The summed E-state index contributed by atoms with van der Waals surface area (Å²) in [6.07, 6.45) is 7.82. The molecular weight excluding hydrogens is 400 g/mol. The lowest BCUT2D eigenvalue weighted by Crippen LogP contribution is -2.31. The highest BCUT2D eigenvalue weighted by Crippen LogP contribution is 2.24. The lowest BCUT2D eigenvalue weighted by molar-refractivity contribution is 0.237. The molecule has 1 aliphatic rings. The summed E-state index contributed by atoms with van der Waals surface area (Å²) in [6, 6.07) is 16.6. The van der Waals surface area contributed by atoms with Crippen molar-refractivity contribution in [1.82, 2.24) is 30.0 Å². The number of nitrogens with one attached hydrogen (secondary N) is 2. The van der Waals surface area contributed by atoms with Crippen LogP contribution in [0.4, 0.5) is 0 Å². The number of H-pyrrole nitrogens is 1. The number of nitrogens with zero attached hydrogens (tertiary/aromatic N) is 4. The Labute approximate surface area is 188 Å². The van der Waals surface area contributed by atoms with Gasteiger partial charge in [-0.3, -0.25) is 4.57 Å². The van der Waals surface area contributed by atoms with Crippen LogP contribution in [0, 0.1) is 5.92 Å². The molecule has 0 aliphatic carbocycles. The zero-order valence-corrected chi connectivity index (χ0v) is 18.2. The second-order valence-electron chi connectivity index (χ2n) is 8.67. The number of aromatic amines is 1. The first kappa shape index (κ1) is 20.9. The predicted octanol–water partition coefficient (Wildman–Crippen LogP) is 2.94. The zero-order chi connectivity index (χ0) is 21.8. The van der Waals surface area contributed by atoms with Crippen LogP contribution in [0.1, 0.15) is 23.6 Å². The topological polar surface area (TPSA) is 82.0 Å². The molecule has 7 heteroatoms. The highest BCUT2D eigenvalue weighted by atomic mass is 16.3. The molecule has 2 aromatic heterocycles. The smallest absolute Gasteiger partial charge is 0.123 e. The third kappa shape index (κ3) is 4.60. The molecule has 0 bridgehead atoms. The third-order valence-electron chi connectivity index (χ3n) is 6.57. The maximum atomic E-state index is 9.78. The minimum atomic E-state index is 0.0105. The van der Waals surface area contributed by atoms with Crippen molar-refractivity contribution in [3.05, 3.63) is 78.5 Å². The molecule has 3 N–H and O–H groups in total. The largest absolute Gasteiger partial charge is 0.394 e. The normalized spacial score (nSPS) is 17.8. The van der Waals surface area contributed by atoms with Crippen LogP contribution in [0.25, 0.3) is 16.6 Å². The summed E-state index contributed by atoms with van der Waals surface area (Å²) in [7, 11) is 0. The molecule has 4 aromatic rings. The molecule has 2 atom stereocenters. The molecular formula is C25H30N6O. The first-order chi connectivity index (χ1) is 15.8. The highest BCUT2D eigenvalue weighted by Gasteiger charge is 2.23. The number of hydrogen-bond donors (Lipinski definition) is 3. The molecule has 166 valence electrons. The van der Waals surface area contributed by atoms with E-state index in [-0.39, 0.29) is 12.6 Å². The first-order valence-electron chi connectivity index (χ1n) is 11.4. The summed E-state index contributed by atoms with van der Waals surface area (Å²) in [5.74, 6) is 0.621. The van der Waals surface area contributed by atoms with E-state index in [1.54, 1.807) is 12.7 Å². The number of fused-ring (bicyclic) bond motifs is 1. The van der Waals surface area contributed by atoms with Crippen LogP contribution in [0.15, 0.2) is 67.4 Å². The first-order valence-corrected chi connectivity index (χ1v) is 11.4. The van der Waals surface area contributed by atoms with E-state index in [0.29, 0.717) is 5.92 Å². The second kappa shape index (κ2) is 9.65. The Kier molecular flexibility index (Phi) is 6.29. The summed E-state index contributed by atoms with van der Waals surface area (Å²) in [4.78, 5) is 5.97. The molecule has 0 amide bonds. The molecule has 1 unspecified atom stereocenters. The fourth-order valence-electron chi connectivity index (χ4n) is 4.71. The van der Waals surface area contributed by atoms with Crippen molar-refractivity contribution in [3.8, 4) is 5.69 Å². The van der Waals surface area contributed by atoms with Gasteiger partial charge in [-0.1, -0.05) is 30.3 Å². The van der Waals surface area contributed by atoms with Crippen LogP contribution < -0.4 is 5.32 Å². The number of aromatic nitrogens is 4. The Hall–Kier alpha value is -3.00. The van der Waals surface area contributed by atoms with E-state index in [9.17, 15) is 5.11 Å². The SMILES string of the molecule is OCC(NC[C@@H]1CCN(CCc2c[nH]c3ccc(-n4cnnc4)cc23)C1)c1ccccc1. The van der Waals surface area contributed by atoms with Crippen LogP contribution >= 0.6 is 0 Å². The fourth-order valence-corrected chi connectivity index (χ4v) is 4.71. The van der Waals surface area contributed by atoms with Gasteiger partial charge in [-0.15, -0.1) is 10.2 Å². The molecule has 2 aromatic carbocycles. The predicted molar refractivity (Wildman–Crippen MR) is 126 cm³/mol. The summed E-state index contributed by atoms with van der Waals surface area (Å²) in [6.45, 7) is 4.36. The van der Waals surface area contributed by atoms with Crippen LogP contribution in [0.5, 0.6) is 0 Å². The summed E-state index contributed by atoms with van der Waals surface area (Å²) in [5, 5.41) is 22.4. The van der Waals surface area contributed by atoms with Crippen molar-refractivity contribution >= 4 is 10.9 Å². The second-order valence-corrected chi connectivity index (χ2v) is 8.67. The van der Waals surface area contributed by atoms with Gasteiger partial charge in [0, 0.05) is 35.9 Å². The zero-order valence-electron chi connectivity index (χ0n) is 18.2. The standard InChI is InChI=1S/C25H30N6O/c32-16-25(20-4-2-1-3-5-20)26-13-19-8-10-30(15-19)11-9-21-14-27-24-7-6-22(12-23(21)24)31-17-28-29-18-31/h1-7,12,14,17-19,25-27,32H,8-11,13,15-16H2/t19-,25?/m0/s1. The highest BCUT2D eigenvalue weighted by molar-refractivity contribution is 5.85. The molecule has 7 nitrogen and oxygen atoms in total. The van der Waals surface area contributed by atoms with Gasteiger partial charge in [-0.25, -0.2) is 0 Å². The van der Waals surface area contributed by atoms with Gasteiger partial charge in [-0.05, 0) is 61.2 Å². The van der Waals surface area contributed by atoms with Gasteiger partial charge >= 0.3 is 0 Å². The van der Waals surface area contributed by atoms with Gasteiger partial charge in [0.1, 0.15) is 12.7 Å². The van der Waals surface area contributed by atoms with Gasteiger partial charge in [0.25, 0.3) is 0 Å². The van der Waals surface area contributed by atoms with Crippen molar-refractivity contribution < 1.29 is 5.11 Å².